The minimum absolute atomic E-state index is 0.0897. The van der Waals surface area contributed by atoms with Crippen molar-refractivity contribution in [1.82, 2.24) is 4.98 Å². The van der Waals surface area contributed by atoms with E-state index in [1.165, 1.54) is 6.20 Å². The van der Waals surface area contributed by atoms with Crippen LogP contribution >= 0.6 is 0 Å². The van der Waals surface area contributed by atoms with E-state index in [0.29, 0.717) is 11.4 Å². The third kappa shape index (κ3) is 2.07. The van der Waals surface area contributed by atoms with Gasteiger partial charge >= 0.3 is 5.97 Å². The van der Waals surface area contributed by atoms with Crippen molar-refractivity contribution in [2.24, 2.45) is 5.73 Å². The first-order valence-electron chi connectivity index (χ1n) is 4.80. The molecule has 80 valence electrons. The van der Waals surface area contributed by atoms with Gasteiger partial charge in [-0.05, 0) is 18.9 Å². The van der Waals surface area contributed by atoms with Crippen LogP contribution in [0, 0.1) is 0 Å². The molecule has 1 aromatic heterocycles. The van der Waals surface area contributed by atoms with Crippen molar-refractivity contribution in [3.05, 3.63) is 23.5 Å². The standard InChI is InChI=1S/C10H12N2O3/c11-5-7-9(10(13)14)8(3-4-12-7)15-6-1-2-6/h3-4,6H,1-2,5,11H2,(H,13,14). The van der Waals surface area contributed by atoms with E-state index in [2.05, 4.69) is 4.98 Å². The van der Waals surface area contributed by atoms with Gasteiger partial charge in [-0.15, -0.1) is 0 Å². The molecule has 1 heterocycles. The largest absolute Gasteiger partial charge is 0.489 e. The van der Waals surface area contributed by atoms with Crippen molar-refractivity contribution in [3.63, 3.8) is 0 Å². The molecule has 1 aromatic rings. The molecule has 1 saturated carbocycles. The number of aromatic nitrogens is 1. The summed E-state index contributed by atoms with van der Waals surface area (Å²) >= 11 is 0. The molecule has 5 nitrogen and oxygen atoms in total. The molecule has 5 heteroatoms. The second kappa shape index (κ2) is 3.86. The zero-order valence-electron chi connectivity index (χ0n) is 8.14. The summed E-state index contributed by atoms with van der Waals surface area (Å²) in [5.74, 6) is -0.667. The van der Waals surface area contributed by atoms with Gasteiger partial charge in [0.15, 0.2) is 0 Å². The van der Waals surface area contributed by atoms with Gasteiger partial charge in [-0.1, -0.05) is 0 Å². The fourth-order valence-electron chi connectivity index (χ4n) is 1.33. The topological polar surface area (TPSA) is 85.4 Å². The third-order valence-corrected chi connectivity index (χ3v) is 2.22. The summed E-state index contributed by atoms with van der Waals surface area (Å²) in [4.78, 5) is 14.9. The Morgan fingerprint density at radius 3 is 2.93 bits per heavy atom. The number of rotatable bonds is 4. The van der Waals surface area contributed by atoms with Crippen LogP contribution in [0.3, 0.4) is 0 Å². The fourth-order valence-corrected chi connectivity index (χ4v) is 1.33. The molecule has 0 amide bonds. The average molecular weight is 208 g/mol. The van der Waals surface area contributed by atoms with Crippen LogP contribution in [-0.4, -0.2) is 22.2 Å². The minimum Gasteiger partial charge on any atom is -0.489 e. The van der Waals surface area contributed by atoms with Gasteiger partial charge in [-0.2, -0.15) is 0 Å². The van der Waals surface area contributed by atoms with Crippen molar-refractivity contribution in [1.29, 1.82) is 0 Å². The highest BCUT2D eigenvalue weighted by molar-refractivity contribution is 5.92. The van der Waals surface area contributed by atoms with E-state index in [4.69, 9.17) is 15.6 Å². The predicted molar refractivity (Wildman–Crippen MR) is 52.7 cm³/mol. The van der Waals surface area contributed by atoms with Crippen molar-refractivity contribution >= 4 is 5.97 Å². The van der Waals surface area contributed by atoms with Crippen molar-refractivity contribution in [3.8, 4) is 5.75 Å². The highest BCUT2D eigenvalue weighted by Crippen LogP contribution is 2.29. The van der Waals surface area contributed by atoms with E-state index in [9.17, 15) is 4.79 Å². The van der Waals surface area contributed by atoms with Crippen LogP contribution in [0.4, 0.5) is 0 Å². The molecule has 1 aliphatic carbocycles. The number of pyridine rings is 1. The van der Waals surface area contributed by atoms with Crippen LogP contribution in [0.15, 0.2) is 12.3 Å². The molecule has 3 N–H and O–H groups in total. The molecule has 0 aliphatic heterocycles. The van der Waals surface area contributed by atoms with Crippen molar-refractivity contribution in [2.75, 3.05) is 0 Å². The number of hydrogen-bond acceptors (Lipinski definition) is 4. The molecule has 0 aromatic carbocycles. The molecular formula is C10H12N2O3. The summed E-state index contributed by atoms with van der Waals surface area (Å²) in [7, 11) is 0. The van der Waals surface area contributed by atoms with Gasteiger partial charge in [-0.3, -0.25) is 4.98 Å². The maximum absolute atomic E-state index is 11.0. The Morgan fingerprint density at radius 2 is 2.40 bits per heavy atom. The van der Waals surface area contributed by atoms with Gasteiger partial charge in [0.05, 0.1) is 11.8 Å². The summed E-state index contributed by atoms with van der Waals surface area (Å²) in [5.41, 5.74) is 5.87. The third-order valence-electron chi connectivity index (χ3n) is 2.22. The summed E-state index contributed by atoms with van der Waals surface area (Å²) in [6.45, 7) is 0.101. The fraction of sp³-hybridized carbons (Fsp3) is 0.400. The molecular weight excluding hydrogens is 196 g/mol. The monoisotopic (exact) mass is 208 g/mol. The number of nitrogens with zero attached hydrogens (tertiary/aromatic N) is 1. The van der Waals surface area contributed by atoms with Gasteiger partial charge in [0.1, 0.15) is 11.3 Å². The van der Waals surface area contributed by atoms with E-state index < -0.39 is 5.97 Å². The lowest BCUT2D eigenvalue weighted by atomic mass is 10.1. The van der Waals surface area contributed by atoms with Crippen LogP contribution in [0.1, 0.15) is 28.9 Å². The number of aromatic carboxylic acids is 1. The lowest BCUT2D eigenvalue weighted by molar-refractivity contribution is 0.0690. The van der Waals surface area contributed by atoms with Crippen LogP contribution in [0.2, 0.25) is 0 Å². The SMILES string of the molecule is NCc1nccc(OC2CC2)c1C(=O)O. The molecule has 0 unspecified atom stereocenters. The number of carbonyl (C=O) groups is 1. The second-order valence-corrected chi connectivity index (χ2v) is 3.46. The first-order chi connectivity index (χ1) is 7.22. The van der Waals surface area contributed by atoms with Crippen molar-refractivity contribution in [2.45, 2.75) is 25.5 Å². The van der Waals surface area contributed by atoms with Crippen LogP contribution in [-0.2, 0) is 6.54 Å². The Balaban J connectivity index is 2.37. The number of carboxylic acids is 1. The first-order valence-corrected chi connectivity index (χ1v) is 4.80. The molecule has 0 bridgehead atoms. The first kappa shape index (κ1) is 9.92. The molecule has 0 saturated heterocycles. The summed E-state index contributed by atoms with van der Waals surface area (Å²) in [5, 5.41) is 9.04. The Morgan fingerprint density at radius 1 is 1.67 bits per heavy atom. The molecule has 1 fully saturated rings. The number of nitrogens with two attached hydrogens (primary N) is 1. The minimum atomic E-state index is -1.04. The molecule has 0 spiro atoms. The quantitative estimate of drug-likeness (QED) is 0.763. The summed E-state index contributed by atoms with van der Waals surface area (Å²) < 4.78 is 5.48. The van der Waals surface area contributed by atoms with Gasteiger partial charge in [0.25, 0.3) is 0 Å². The lowest BCUT2D eigenvalue weighted by Crippen LogP contribution is -2.12. The highest BCUT2D eigenvalue weighted by atomic mass is 16.5. The number of carboxylic acid groups (broad SMARTS) is 1. The van der Waals surface area contributed by atoms with Gasteiger partial charge < -0.3 is 15.6 Å². The summed E-state index contributed by atoms with van der Waals surface area (Å²) in [6, 6.07) is 1.57. The van der Waals surface area contributed by atoms with E-state index in [0.717, 1.165) is 12.8 Å². The maximum Gasteiger partial charge on any atom is 0.341 e. The van der Waals surface area contributed by atoms with E-state index in [-0.39, 0.29) is 18.2 Å². The Bertz CT molecular complexity index is 388. The zero-order chi connectivity index (χ0) is 10.8. The Labute approximate surface area is 86.9 Å². The van der Waals surface area contributed by atoms with Gasteiger partial charge in [0, 0.05) is 12.7 Å². The molecule has 0 atom stereocenters. The molecule has 0 radical (unpaired) electrons. The van der Waals surface area contributed by atoms with E-state index in [1.807, 2.05) is 0 Å². The molecule has 2 rings (SSSR count). The summed E-state index contributed by atoms with van der Waals surface area (Å²) in [6.07, 6.45) is 3.65. The van der Waals surface area contributed by atoms with Crippen LogP contribution in [0.25, 0.3) is 0 Å². The Hall–Kier alpha value is -1.62. The van der Waals surface area contributed by atoms with Crippen LogP contribution < -0.4 is 10.5 Å². The molecule has 15 heavy (non-hydrogen) atoms. The van der Waals surface area contributed by atoms with E-state index in [1.54, 1.807) is 6.07 Å². The average Bonchev–Trinajstić information content (AvgIpc) is 3.01. The van der Waals surface area contributed by atoms with E-state index >= 15 is 0 Å². The predicted octanol–water partition coefficient (Wildman–Crippen LogP) is 0.780. The number of hydrogen-bond donors (Lipinski definition) is 2. The smallest absolute Gasteiger partial charge is 0.341 e. The second-order valence-electron chi connectivity index (χ2n) is 3.46. The zero-order valence-corrected chi connectivity index (χ0v) is 8.14. The Kier molecular flexibility index (Phi) is 2.55. The van der Waals surface area contributed by atoms with Gasteiger partial charge in [0.2, 0.25) is 0 Å². The van der Waals surface area contributed by atoms with Crippen LogP contribution in [0.5, 0.6) is 5.75 Å². The highest BCUT2D eigenvalue weighted by Gasteiger charge is 2.26. The number of ether oxygens (including phenoxy) is 1. The normalized spacial score (nSPS) is 15.0. The van der Waals surface area contributed by atoms with Gasteiger partial charge in [-0.25, -0.2) is 4.79 Å². The van der Waals surface area contributed by atoms with Crippen molar-refractivity contribution < 1.29 is 14.6 Å². The lowest BCUT2D eigenvalue weighted by Gasteiger charge is -2.10. The molecule has 1 aliphatic rings. The maximum atomic E-state index is 11.0.